The molecular formula is C44H69N3O17. The molecule has 2 aromatic rings. The van der Waals surface area contributed by atoms with Crippen molar-refractivity contribution in [1.82, 2.24) is 9.96 Å². The van der Waals surface area contributed by atoms with Crippen LogP contribution >= 0.6 is 0 Å². The lowest BCUT2D eigenvalue weighted by molar-refractivity contribution is -0.197. The number of hydrogen-bond donors (Lipinski definition) is 1. The van der Waals surface area contributed by atoms with Crippen molar-refractivity contribution in [3.63, 3.8) is 0 Å². The number of anilines is 1. The van der Waals surface area contributed by atoms with Crippen LogP contribution in [0.15, 0.2) is 27.4 Å². The third-order valence-corrected chi connectivity index (χ3v) is 9.62. The van der Waals surface area contributed by atoms with Crippen molar-refractivity contribution >= 4 is 40.3 Å². The molecular weight excluding hydrogens is 842 g/mol. The number of amides is 3. The van der Waals surface area contributed by atoms with Crippen LogP contribution in [-0.4, -0.2) is 179 Å². The summed E-state index contributed by atoms with van der Waals surface area (Å²) >= 11 is 0. The highest BCUT2D eigenvalue weighted by Gasteiger charge is 2.32. The number of unbranched alkanes of at least 4 members (excludes halogenated alkanes) is 2. The number of fused-ring (bicyclic) bond motifs is 1. The molecule has 362 valence electrons. The summed E-state index contributed by atoms with van der Waals surface area (Å²) in [5.41, 5.74) is 7.03. The van der Waals surface area contributed by atoms with Gasteiger partial charge in [-0.05, 0) is 43.9 Å². The third kappa shape index (κ3) is 23.2. The van der Waals surface area contributed by atoms with E-state index in [1.165, 1.54) is 0 Å². The molecule has 1 aromatic carbocycles. The van der Waals surface area contributed by atoms with E-state index >= 15 is 0 Å². The summed E-state index contributed by atoms with van der Waals surface area (Å²) < 4.78 is 59.9. The molecule has 0 spiro atoms. The molecule has 3 amide bonds. The fraction of sp³-hybridized carbons (Fsp3) is 0.705. The van der Waals surface area contributed by atoms with Gasteiger partial charge in [-0.3, -0.25) is 14.4 Å². The Morgan fingerprint density at radius 3 is 1.56 bits per heavy atom. The number of hydrogen-bond acceptors (Lipinski definition) is 18. The topological polar surface area (TPSA) is 233 Å². The van der Waals surface area contributed by atoms with Gasteiger partial charge in [-0.1, -0.05) is 6.42 Å². The Labute approximate surface area is 375 Å². The zero-order valence-corrected chi connectivity index (χ0v) is 37.7. The first-order chi connectivity index (χ1) is 31.2. The van der Waals surface area contributed by atoms with Crippen LogP contribution in [0.25, 0.3) is 11.0 Å². The van der Waals surface area contributed by atoms with Crippen LogP contribution in [-0.2, 0) is 77.8 Å². The summed E-state index contributed by atoms with van der Waals surface area (Å²) in [5, 5.41) is 1.24. The molecule has 0 unspecified atom stereocenters. The van der Waals surface area contributed by atoms with Gasteiger partial charge in [0.15, 0.2) is 0 Å². The van der Waals surface area contributed by atoms with E-state index in [0.717, 1.165) is 0 Å². The van der Waals surface area contributed by atoms with E-state index in [0.29, 0.717) is 192 Å². The van der Waals surface area contributed by atoms with Gasteiger partial charge in [-0.15, -0.1) is 5.06 Å². The number of imide groups is 1. The number of aryl methyl sites for hydroxylation is 1. The Bertz CT molecular complexity index is 1680. The van der Waals surface area contributed by atoms with Crippen molar-refractivity contribution in [2.45, 2.75) is 58.3 Å². The first kappa shape index (κ1) is 54.2. The van der Waals surface area contributed by atoms with Gasteiger partial charge in [-0.25, -0.2) is 9.59 Å². The lowest BCUT2D eigenvalue weighted by Gasteiger charge is -2.23. The van der Waals surface area contributed by atoms with Crippen LogP contribution in [0.2, 0.25) is 0 Å². The van der Waals surface area contributed by atoms with Gasteiger partial charge < -0.3 is 67.3 Å². The Balaban J connectivity index is 1.19. The maximum absolute atomic E-state index is 13.6. The monoisotopic (exact) mass is 911 g/mol. The van der Waals surface area contributed by atoms with E-state index in [2.05, 4.69) is 0 Å². The molecule has 3 rings (SSSR count). The fourth-order valence-electron chi connectivity index (χ4n) is 6.15. The van der Waals surface area contributed by atoms with E-state index in [1.54, 1.807) is 37.1 Å². The molecule has 2 heterocycles. The summed E-state index contributed by atoms with van der Waals surface area (Å²) in [6.07, 6.45) is 2.06. The smallest absolute Gasteiger partial charge is 0.340 e. The number of nitrogen functional groups attached to an aromatic ring is 1. The molecule has 0 saturated carbocycles. The Morgan fingerprint density at radius 1 is 0.625 bits per heavy atom. The number of carbonyl (C=O) groups is 4. The van der Waals surface area contributed by atoms with E-state index < -0.39 is 23.4 Å². The molecule has 0 aliphatic carbocycles. The second-order valence-corrected chi connectivity index (χ2v) is 14.5. The molecule has 1 aromatic heterocycles. The minimum atomic E-state index is -0.666. The first-order valence-electron chi connectivity index (χ1n) is 22.1. The highest BCUT2D eigenvalue weighted by atomic mass is 16.7. The molecule has 20 heteroatoms. The van der Waals surface area contributed by atoms with E-state index in [9.17, 15) is 24.0 Å². The summed E-state index contributed by atoms with van der Waals surface area (Å²) in [7, 11) is 1.63. The van der Waals surface area contributed by atoms with Crippen molar-refractivity contribution in [1.29, 1.82) is 0 Å². The molecule has 2 N–H and O–H groups in total. The van der Waals surface area contributed by atoms with Gasteiger partial charge >= 0.3 is 11.6 Å². The first-order valence-corrected chi connectivity index (χ1v) is 22.1. The standard InChI is InChI=1S/C44H69N3O17/c1-35-37-9-8-36(45)33-39(37)63-44(52)38(35)34-42(50)46(12-5-3-4-7-43(51)64-47-40(48)10-11-41(47)49)13-6-14-54-17-18-56-21-22-58-25-26-60-29-30-62-32-31-61-28-27-59-24-23-57-20-19-55-16-15-53-2/h8-9,33H,3-7,10-32,34,45H2,1-2H3. The molecule has 0 bridgehead atoms. The van der Waals surface area contributed by atoms with E-state index in [1.807, 2.05) is 0 Å². The maximum Gasteiger partial charge on any atom is 0.340 e. The molecule has 1 saturated heterocycles. The number of nitrogens with two attached hydrogens (primary N) is 1. The number of methoxy groups -OCH3 is 1. The predicted octanol–water partition coefficient (Wildman–Crippen LogP) is 2.41. The second-order valence-electron chi connectivity index (χ2n) is 14.5. The lowest BCUT2D eigenvalue weighted by atomic mass is 10.0. The van der Waals surface area contributed by atoms with Gasteiger partial charge in [-0.2, -0.15) is 0 Å². The van der Waals surface area contributed by atoms with Gasteiger partial charge in [0.05, 0.1) is 131 Å². The summed E-state index contributed by atoms with van der Waals surface area (Å²) in [6, 6.07) is 5.06. The normalized spacial score (nSPS) is 12.8. The predicted molar refractivity (Wildman–Crippen MR) is 231 cm³/mol. The van der Waals surface area contributed by atoms with Gasteiger partial charge in [0.2, 0.25) is 5.91 Å². The second kappa shape index (κ2) is 34.3. The van der Waals surface area contributed by atoms with Crippen molar-refractivity contribution in [3.05, 3.63) is 39.7 Å². The quantitative estimate of drug-likeness (QED) is 0.0438. The van der Waals surface area contributed by atoms with Gasteiger partial charge in [0.1, 0.15) is 5.58 Å². The van der Waals surface area contributed by atoms with Crippen LogP contribution in [0, 0.1) is 6.92 Å². The van der Waals surface area contributed by atoms with Crippen LogP contribution < -0.4 is 11.4 Å². The molecule has 1 aliphatic rings. The molecule has 20 nitrogen and oxygen atoms in total. The highest BCUT2D eigenvalue weighted by molar-refractivity contribution is 6.01. The average Bonchev–Trinajstić information content (AvgIpc) is 3.59. The SMILES string of the molecule is COCCOCCOCCOCCOCCOCCOCCOCCOCCOCCCN(CCCCCC(=O)ON1C(=O)CCC1=O)C(=O)Cc1c(C)c2ccc(N)cc2oc1=O. The van der Waals surface area contributed by atoms with Crippen LogP contribution in [0.4, 0.5) is 5.69 Å². The number of rotatable bonds is 40. The molecule has 1 aliphatic heterocycles. The van der Waals surface area contributed by atoms with Gasteiger partial charge in [0, 0.05) is 63.2 Å². The number of benzene rings is 1. The summed E-state index contributed by atoms with van der Waals surface area (Å²) in [6.45, 7) is 11.4. The minimum absolute atomic E-state index is 0.0156. The number of hydroxylamine groups is 2. The van der Waals surface area contributed by atoms with Crippen molar-refractivity contribution in [2.75, 3.05) is 151 Å². The van der Waals surface area contributed by atoms with Crippen LogP contribution in [0.5, 0.6) is 0 Å². The summed E-state index contributed by atoms with van der Waals surface area (Å²) in [5.74, 6) is -1.97. The Hall–Kier alpha value is -4.09. The van der Waals surface area contributed by atoms with Crippen molar-refractivity contribution in [2.24, 2.45) is 0 Å². The maximum atomic E-state index is 13.6. The largest absolute Gasteiger partial charge is 0.422 e. The lowest BCUT2D eigenvalue weighted by Crippen LogP contribution is -2.36. The van der Waals surface area contributed by atoms with Gasteiger partial charge in [0.25, 0.3) is 11.8 Å². The average molecular weight is 912 g/mol. The Kier molecular flexibility index (Phi) is 29.1. The fourth-order valence-corrected chi connectivity index (χ4v) is 6.15. The van der Waals surface area contributed by atoms with E-state index in [4.69, 9.17) is 62.4 Å². The Morgan fingerprint density at radius 2 is 1.08 bits per heavy atom. The zero-order valence-electron chi connectivity index (χ0n) is 37.7. The number of nitrogens with zero attached hydrogens (tertiary/aromatic N) is 2. The van der Waals surface area contributed by atoms with Crippen LogP contribution in [0.3, 0.4) is 0 Å². The molecule has 1 fully saturated rings. The number of ether oxygens (including phenoxy) is 10. The summed E-state index contributed by atoms with van der Waals surface area (Å²) in [4.78, 5) is 68.8. The molecule has 0 atom stereocenters. The highest BCUT2D eigenvalue weighted by Crippen LogP contribution is 2.22. The third-order valence-electron chi connectivity index (χ3n) is 9.62. The molecule has 64 heavy (non-hydrogen) atoms. The van der Waals surface area contributed by atoms with Crippen molar-refractivity contribution in [3.8, 4) is 0 Å². The zero-order chi connectivity index (χ0) is 46.0. The molecule has 0 radical (unpaired) electrons. The van der Waals surface area contributed by atoms with Crippen LogP contribution in [0.1, 0.15) is 56.1 Å². The minimum Gasteiger partial charge on any atom is -0.422 e. The van der Waals surface area contributed by atoms with E-state index in [-0.39, 0.29) is 37.2 Å². The van der Waals surface area contributed by atoms with Crippen molar-refractivity contribution < 1.29 is 75.8 Å². The number of carbonyl (C=O) groups excluding carboxylic acids is 4.